The van der Waals surface area contributed by atoms with Gasteiger partial charge < -0.3 is 19.7 Å². The fourth-order valence-corrected chi connectivity index (χ4v) is 2.15. The normalized spacial score (nSPS) is 10.8. The van der Waals surface area contributed by atoms with Crippen molar-refractivity contribution in [3.05, 3.63) is 24.0 Å². The number of hydrogen-bond acceptors (Lipinski definition) is 5. The molecule has 0 spiro atoms. The molecule has 0 unspecified atom stereocenters. The molecule has 1 aromatic carbocycles. The zero-order valence-corrected chi connectivity index (χ0v) is 12.3. The van der Waals surface area contributed by atoms with Crippen LogP contribution in [-0.2, 0) is 6.42 Å². The van der Waals surface area contributed by atoms with E-state index in [9.17, 15) is 0 Å². The Morgan fingerprint density at radius 3 is 2.50 bits per heavy atom. The molecule has 0 aliphatic heterocycles. The quantitative estimate of drug-likeness (QED) is 0.908. The largest absolute Gasteiger partial charge is 0.493 e. The zero-order valence-electron chi connectivity index (χ0n) is 12.3. The maximum Gasteiger partial charge on any atom is 0.175 e. The first kappa shape index (κ1) is 14.2. The Kier molecular flexibility index (Phi) is 4.17. The van der Waals surface area contributed by atoms with Crippen LogP contribution >= 0.6 is 0 Å². The van der Waals surface area contributed by atoms with Crippen molar-refractivity contribution in [2.75, 3.05) is 20.0 Å². The second-order valence-electron chi connectivity index (χ2n) is 5.03. The van der Waals surface area contributed by atoms with Gasteiger partial charge in [-0.3, -0.25) is 0 Å². The molecule has 5 heteroatoms. The summed E-state index contributed by atoms with van der Waals surface area (Å²) in [7, 11) is 3.21. The smallest absolute Gasteiger partial charge is 0.175 e. The average Bonchev–Trinajstić information content (AvgIpc) is 2.78. The highest BCUT2D eigenvalue weighted by Gasteiger charge is 2.18. The van der Waals surface area contributed by atoms with E-state index in [2.05, 4.69) is 19.0 Å². The SMILES string of the molecule is COc1ccc(-c2c(N)noc2CC(C)C)cc1OC. The fraction of sp³-hybridized carbons (Fsp3) is 0.400. The van der Waals surface area contributed by atoms with Crippen molar-refractivity contribution < 1.29 is 14.0 Å². The summed E-state index contributed by atoms with van der Waals surface area (Å²) in [4.78, 5) is 0. The molecule has 2 aromatic rings. The van der Waals surface area contributed by atoms with E-state index in [4.69, 9.17) is 19.7 Å². The van der Waals surface area contributed by atoms with Crippen molar-refractivity contribution in [3.8, 4) is 22.6 Å². The second kappa shape index (κ2) is 5.86. The number of anilines is 1. The number of aromatic nitrogens is 1. The third-order valence-corrected chi connectivity index (χ3v) is 3.06. The van der Waals surface area contributed by atoms with E-state index >= 15 is 0 Å². The molecule has 2 N–H and O–H groups in total. The van der Waals surface area contributed by atoms with Crippen LogP contribution in [-0.4, -0.2) is 19.4 Å². The van der Waals surface area contributed by atoms with E-state index < -0.39 is 0 Å². The summed E-state index contributed by atoms with van der Waals surface area (Å²) in [6, 6.07) is 5.65. The molecule has 0 saturated heterocycles. The molecule has 0 aliphatic rings. The van der Waals surface area contributed by atoms with Crippen molar-refractivity contribution in [1.29, 1.82) is 0 Å². The summed E-state index contributed by atoms with van der Waals surface area (Å²) < 4.78 is 15.9. The zero-order chi connectivity index (χ0) is 14.7. The molecule has 0 radical (unpaired) electrons. The molecule has 20 heavy (non-hydrogen) atoms. The lowest BCUT2D eigenvalue weighted by atomic mass is 10.00. The summed E-state index contributed by atoms with van der Waals surface area (Å²) in [5.41, 5.74) is 7.68. The summed E-state index contributed by atoms with van der Waals surface area (Å²) in [6.45, 7) is 4.24. The number of benzene rings is 1. The Balaban J connectivity index is 2.48. The van der Waals surface area contributed by atoms with Crippen LogP contribution < -0.4 is 15.2 Å². The number of nitrogens with zero attached hydrogens (tertiary/aromatic N) is 1. The number of rotatable bonds is 5. The van der Waals surface area contributed by atoms with Crippen molar-refractivity contribution in [2.24, 2.45) is 5.92 Å². The summed E-state index contributed by atoms with van der Waals surface area (Å²) >= 11 is 0. The van der Waals surface area contributed by atoms with Gasteiger partial charge in [-0.1, -0.05) is 25.1 Å². The lowest BCUT2D eigenvalue weighted by Gasteiger charge is -2.10. The predicted molar refractivity (Wildman–Crippen MR) is 78.0 cm³/mol. The van der Waals surface area contributed by atoms with Gasteiger partial charge in [0.25, 0.3) is 0 Å². The van der Waals surface area contributed by atoms with Gasteiger partial charge in [0, 0.05) is 6.42 Å². The summed E-state index contributed by atoms with van der Waals surface area (Å²) in [6.07, 6.45) is 0.786. The Bertz CT molecular complexity index is 591. The fourth-order valence-electron chi connectivity index (χ4n) is 2.15. The molecule has 0 bridgehead atoms. The Morgan fingerprint density at radius 1 is 1.20 bits per heavy atom. The van der Waals surface area contributed by atoms with Gasteiger partial charge in [-0.05, 0) is 23.6 Å². The highest BCUT2D eigenvalue weighted by atomic mass is 16.5. The first-order chi connectivity index (χ1) is 9.56. The van der Waals surface area contributed by atoms with Crippen molar-refractivity contribution in [1.82, 2.24) is 5.16 Å². The van der Waals surface area contributed by atoms with E-state index in [1.165, 1.54) is 0 Å². The van der Waals surface area contributed by atoms with E-state index in [0.717, 1.165) is 23.3 Å². The highest BCUT2D eigenvalue weighted by Crippen LogP contribution is 2.36. The Labute approximate surface area is 118 Å². The van der Waals surface area contributed by atoms with Gasteiger partial charge >= 0.3 is 0 Å². The summed E-state index contributed by atoms with van der Waals surface area (Å²) in [5.74, 6) is 2.98. The molecular formula is C15H20N2O3. The van der Waals surface area contributed by atoms with Gasteiger partial charge in [0.1, 0.15) is 5.76 Å². The van der Waals surface area contributed by atoms with E-state index in [1.807, 2.05) is 18.2 Å². The minimum absolute atomic E-state index is 0.396. The second-order valence-corrected chi connectivity index (χ2v) is 5.03. The van der Waals surface area contributed by atoms with Crippen LogP contribution in [0.3, 0.4) is 0 Å². The van der Waals surface area contributed by atoms with Crippen LogP contribution in [0.4, 0.5) is 5.82 Å². The molecule has 1 aromatic heterocycles. The first-order valence-corrected chi connectivity index (χ1v) is 6.53. The molecule has 2 rings (SSSR count). The molecule has 0 saturated carbocycles. The molecule has 5 nitrogen and oxygen atoms in total. The number of ether oxygens (including phenoxy) is 2. The van der Waals surface area contributed by atoms with Crippen LogP contribution in [0.5, 0.6) is 11.5 Å². The van der Waals surface area contributed by atoms with Crippen LogP contribution in [0.2, 0.25) is 0 Å². The summed E-state index contributed by atoms with van der Waals surface area (Å²) in [5, 5.41) is 3.87. The third-order valence-electron chi connectivity index (χ3n) is 3.06. The molecule has 0 atom stereocenters. The topological polar surface area (TPSA) is 70.5 Å². The predicted octanol–water partition coefficient (Wildman–Crippen LogP) is 3.14. The van der Waals surface area contributed by atoms with Crippen molar-refractivity contribution in [3.63, 3.8) is 0 Å². The molecular weight excluding hydrogens is 256 g/mol. The van der Waals surface area contributed by atoms with Crippen LogP contribution in [0.15, 0.2) is 22.7 Å². The van der Waals surface area contributed by atoms with E-state index in [-0.39, 0.29) is 0 Å². The van der Waals surface area contributed by atoms with Gasteiger partial charge in [-0.25, -0.2) is 0 Å². The first-order valence-electron chi connectivity index (χ1n) is 6.53. The lowest BCUT2D eigenvalue weighted by molar-refractivity contribution is 0.355. The van der Waals surface area contributed by atoms with Gasteiger partial charge in [0.2, 0.25) is 0 Å². The van der Waals surface area contributed by atoms with Gasteiger partial charge in [-0.15, -0.1) is 0 Å². The molecule has 108 valence electrons. The maximum absolute atomic E-state index is 5.93. The van der Waals surface area contributed by atoms with Crippen molar-refractivity contribution in [2.45, 2.75) is 20.3 Å². The molecule has 1 heterocycles. The minimum Gasteiger partial charge on any atom is -0.493 e. The van der Waals surface area contributed by atoms with Gasteiger partial charge in [-0.2, -0.15) is 0 Å². The third kappa shape index (κ3) is 2.71. The Morgan fingerprint density at radius 2 is 1.90 bits per heavy atom. The highest BCUT2D eigenvalue weighted by molar-refractivity contribution is 5.77. The van der Waals surface area contributed by atoms with Crippen LogP contribution in [0.25, 0.3) is 11.1 Å². The number of nitrogen functional groups attached to an aromatic ring is 1. The Hall–Kier alpha value is -2.17. The molecule has 0 amide bonds. The number of methoxy groups -OCH3 is 2. The van der Waals surface area contributed by atoms with Crippen LogP contribution in [0.1, 0.15) is 19.6 Å². The van der Waals surface area contributed by atoms with Gasteiger partial charge in [0.05, 0.1) is 19.8 Å². The molecule has 0 aliphatic carbocycles. The number of nitrogens with two attached hydrogens (primary N) is 1. The standard InChI is InChI=1S/C15H20N2O3/c1-9(2)7-13-14(15(16)17-20-13)10-5-6-11(18-3)12(8-10)19-4/h5-6,8-9H,7H2,1-4H3,(H2,16,17). The lowest BCUT2D eigenvalue weighted by Crippen LogP contribution is -1.97. The van der Waals surface area contributed by atoms with E-state index in [0.29, 0.717) is 23.2 Å². The molecule has 0 fully saturated rings. The minimum atomic E-state index is 0.396. The maximum atomic E-state index is 5.93. The number of hydrogen-bond donors (Lipinski definition) is 1. The monoisotopic (exact) mass is 276 g/mol. The average molecular weight is 276 g/mol. The van der Waals surface area contributed by atoms with Crippen molar-refractivity contribution >= 4 is 5.82 Å². The van der Waals surface area contributed by atoms with E-state index in [1.54, 1.807) is 14.2 Å². The van der Waals surface area contributed by atoms with Crippen LogP contribution in [0, 0.1) is 5.92 Å². The van der Waals surface area contributed by atoms with Gasteiger partial charge in [0.15, 0.2) is 17.3 Å².